The topological polar surface area (TPSA) is 73.1 Å². The minimum absolute atomic E-state index is 0.191. The first kappa shape index (κ1) is 21.8. The number of aryl methyl sites for hydroxylation is 2. The number of fused-ring (bicyclic) bond motifs is 1. The molecule has 4 rings (SSSR count). The lowest BCUT2D eigenvalue weighted by atomic mass is 10.0. The van der Waals surface area contributed by atoms with Crippen molar-refractivity contribution < 1.29 is 4.79 Å². The number of hydrogen-bond acceptors (Lipinski definition) is 4. The number of carbonyl (C=O) groups is 1. The van der Waals surface area contributed by atoms with Gasteiger partial charge in [0, 0.05) is 5.69 Å². The van der Waals surface area contributed by atoms with Gasteiger partial charge in [0.2, 0.25) is 5.91 Å². The maximum absolute atomic E-state index is 13.5. The highest BCUT2D eigenvalue weighted by Gasteiger charge is 2.19. The molecular weight excluding hydrogens is 422 g/mol. The SMILES string of the molecule is Cc1ccc(C)c(-n2c(=O)c3sccc3n(CC(=O)Nc3ccccc3C(C)C)c2=O)c1. The fourth-order valence-corrected chi connectivity index (χ4v) is 4.68. The molecule has 2 aromatic carbocycles. The van der Waals surface area contributed by atoms with Gasteiger partial charge in [-0.1, -0.05) is 44.2 Å². The number of hydrogen-bond donors (Lipinski definition) is 1. The zero-order valence-electron chi connectivity index (χ0n) is 18.5. The first-order valence-corrected chi connectivity index (χ1v) is 11.4. The predicted molar refractivity (Wildman–Crippen MR) is 130 cm³/mol. The zero-order valence-corrected chi connectivity index (χ0v) is 19.3. The Bertz CT molecular complexity index is 1440. The number of amides is 1. The molecule has 0 radical (unpaired) electrons. The van der Waals surface area contributed by atoms with E-state index in [-0.39, 0.29) is 23.9 Å². The lowest BCUT2D eigenvalue weighted by Gasteiger charge is -2.16. The minimum Gasteiger partial charge on any atom is -0.324 e. The average molecular weight is 448 g/mol. The molecule has 0 unspecified atom stereocenters. The number of benzene rings is 2. The normalized spacial score (nSPS) is 11.3. The second-order valence-electron chi connectivity index (χ2n) is 8.22. The smallest absolute Gasteiger partial charge is 0.324 e. The van der Waals surface area contributed by atoms with E-state index in [1.807, 2.05) is 56.3 Å². The first-order chi connectivity index (χ1) is 15.3. The van der Waals surface area contributed by atoms with Gasteiger partial charge in [0.05, 0.1) is 11.2 Å². The molecule has 2 heterocycles. The van der Waals surface area contributed by atoms with Crippen molar-refractivity contribution in [3.63, 3.8) is 0 Å². The molecule has 0 aliphatic carbocycles. The molecule has 2 aromatic heterocycles. The average Bonchev–Trinajstić information content (AvgIpc) is 3.24. The molecule has 0 aliphatic heterocycles. The van der Waals surface area contributed by atoms with E-state index < -0.39 is 5.69 Å². The van der Waals surface area contributed by atoms with Crippen molar-refractivity contribution in [3.8, 4) is 5.69 Å². The molecule has 0 fully saturated rings. The zero-order chi connectivity index (χ0) is 23.0. The van der Waals surface area contributed by atoms with Crippen molar-refractivity contribution >= 4 is 33.1 Å². The Kier molecular flexibility index (Phi) is 5.84. The Morgan fingerprint density at radius 3 is 2.56 bits per heavy atom. The summed E-state index contributed by atoms with van der Waals surface area (Å²) in [6.45, 7) is 7.70. The number of anilines is 1. The highest BCUT2D eigenvalue weighted by atomic mass is 32.1. The largest absolute Gasteiger partial charge is 0.336 e. The van der Waals surface area contributed by atoms with Gasteiger partial charge in [0.25, 0.3) is 5.56 Å². The van der Waals surface area contributed by atoms with Gasteiger partial charge in [0.1, 0.15) is 11.2 Å². The van der Waals surface area contributed by atoms with Gasteiger partial charge in [-0.05, 0) is 60.0 Å². The van der Waals surface area contributed by atoms with E-state index in [2.05, 4.69) is 19.2 Å². The van der Waals surface area contributed by atoms with Crippen LogP contribution >= 0.6 is 11.3 Å². The van der Waals surface area contributed by atoms with Crippen molar-refractivity contribution in [2.24, 2.45) is 0 Å². The summed E-state index contributed by atoms with van der Waals surface area (Å²) in [6, 6.07) is 15.0. The molecular formula is C25H25N3O3S. The summed E-state index contributed by atoms with van der Waals surface area (Å²) in [5.74, 6) is -0.0807. The molecule has 32 heavy (non-hydrogen) atoms. The molecule has 0 saturated carbocycles. The fourth-order valence-electron chi connectivity index (χ4n) is 3.86. The van der Waals surface area contributed by atoms with Crippen LogP contribution in [0.4, 0.5) is 5.69 Å². The van der Waals surface area contributed by atoms with Crippen LogP contribution in [0, 0.1) is 13.8 Å². The fraction of sp³-hybridized carbons (Fsp3) is 0.240. The molecule has 4 aromatic rings. The van der Waals surface area contributed by atoms with Gasteiger partial charge in [-0.25, -0.2) is 9.36 Å². The Labute approximate surface area is 189 Å². The number of nitrogens with one attached hydrogen (secondary N) is 1. The Hall–Kier alpha value is -3.45. The summed E-state index contributed by atoms with van der Waals surface area (Å²) in [5, 5.41) is 4.70. The summed E-state index contributed by atoms with van der Waals surface area (Å²) in [6.07, 6.45) is 0. The second kappa shape index (κ2) is 8.59. The Balaban J connectivity index is 1.81. The third kappa shape index (κ3) is 3.91. The molecule has 0 bridgehead atoms. The monoisotopic (exact) mass is 447 g/mol. The molecule has 6 nitrogen and oxygen atoms in total. The molecule has 164 valence electrons. The highest BCUT2D eigenvalue weighted by Crippen LogP contribution is 2.24. The van der Waals surface area contributed by atoms with Gasteiger partial charge in [-0.15, -0.1) is 11.3 Å². The van der Waals surface area contributed by atoms with Crippen LogP contribution in [-0.2, 0) is 11.3 Å². The van der Waals surface area contributed by atoms with E-state index in [1.54, 1.807) is 11.4 Å². The number of para-hydroxylation sites is 1. The van der Waals surface area contributed by atoms with E-state index in [9.17, 15) is 14.4 Å². The van der Waals surface area contributed by atoms with Crippen molar-refractivity contribution in [3.05, 3.63) is 91.4 Å². The van der Waals surface area contributed by atoms with Crippen molar-refractivity contribution in [1.82, 2.24) is 9.13 Å². The summed E-state index contributed by atoms with van der Waals surface area (Å²) in [5.41, 5.74) is 3.62. The van der Waals surface area contributed by atoms with E-state index in [0.717, 1.165) is 22.4 Å². The molecule has 7 heteroatoms. The maximum Gasteiger partial charge on any atom is 0.336 e. The van der Waals surface area contributed by atoms with Gasteiger partial charge in [-0.3, -0.25) is 14.2 Å². The lowest BCUT2D eigenvalue weighted by molar-refractivity contribution is -0.116. The van der Waals surface area contributed by atoms with Crippen LogP contribution in [0.3, 0.4) is 0 Å². The van der Waals surface area contributed by atoms with Gasteiger partial charge >= 0.3 is 5.69 Å². The van der Waals surface area contributed by atoms with E-state index in [4.69, 9.17) is 0 Å². The Morgan fingerprint density at radius 2 is 1.81 bits per heavy atom. The molecule has 1 amide bonds. The number of carbonyl (C=O) groups excluding carboxylic acids is 1. The van der Waals surface area contributed by atoms with Gasteiger partial charge in [-0.2, -0.15) is 0 Å². The molecule has 0 spiro atoms. The van der Waals surface area contributed by atoms with Crippen LogP contribution in [0.2, 0.25) is 0 Å². The summed E-state index contributed by atoms with van der Waals surface area (Å²) >= 11 is 1.27. The Morgan fingerprint density at radius 1 is 1.06 bits per heavy atom. The third-order valence-electron chi connectivity index (χ3n) is 5.52. The minimum atomic E-state index is -0.526. The van der Waals surface area contributed by atoms with E-state index in [0.29, 0.717) is 15.9 Å². The molecule has 0 saturated heterocycles. The first-order valence-electron chi connectivity index (χ1n) is 10.5. The maximum atomic E-state index is 13.5. The number of aromatic nitrogens is 2. The van der Waals surface area contributed by atoms with Crippen LogP contribution < -0.4 is 16.6 Å². The molecule has 0 atom stereocenters. The van der Waals surface area contributed by atoms with Crippen LogP contribution in [0.15, 0.2) is 63.5 Å². The van der Waals surface area contributed by atoms with Gasteiger partial charge < -0.3 is 5.32 Å². The summed E-state index contributed by atoms with van der Waals surface area (Å²) in [4.78, 5) is 39.6. The summed E-state index contributed by atoms with van der Waals surface area (Å²) in [7, 11) is 0. The number of nitrogens with zero attached hydrogens (tertiary/aromatic N) is 2. The van der Waals surface area contributed by atoms with Crippen molar-refractivity contribution in [1.29, 1.82) is 0 Å². The van der Waals surface area contributed by atoms with E-state index >= 15 is 0 Å². The standard InChI is InChI=1S/C25H25N3O3S/c1-15(2)18-7-5-6-8-19(18)26-22(29)14-27-20-11-12-32-23(20)24(30)28(25(27)31)21-13-16(3)9-10-17(21)4/h5-13,15H,14H2,1-4H3,(H,26,29). The van der Waals surface area contributed by atoms with Crippen LogP contribution in [-0.4, -0.2) is 15.0 Å². The van der Waals surface area contributed by atoms with Crippen LogP contribution in [0.5, 0.6) is 0 Å². The number of rotatable bonds is 5. The third-order valence-corrected chi connectivity index (χ3v) is 6.41. The molecule has 0 aliphatic rings. The van der Waals surface area contributed by atoms with Crippen molar-refractivity contribution in [2.45, 2.75) is 40.2 Å². The van der Waals surface area contributed by atoms with E-state index in [1.165, 1.54) is 20.5 Å². The quantitative estimate of drug-likeness (QED) is 0.486. The van der Waals surface area contributed by atoms with Crippen molar-refractivity contribution in [2.75, 3.05) is 5.32 Å². The van der Waals surface area contributed by atoms with Crippen LogP contribution in [0.25, 0.3) is 15.9 Å². The second-order valence-corrected chi connectivity index (χ2v) is 9.14. The van der Waals surface area contributed by atoms with Crippen LogP contribution in [0.1, 0.15) is 36.5 Å². The highest BCUT2D eigenvalue weighted by molar-refractivity contribution is 7.17. The summed E-state index contributed by atoms with van der Waals surface area (Å²) < 4.78 is 3.00. The van der Waals surface area contributed by atoms with Gasteiger partial charge in [0.15, 0.2) is 0 Å². The number of thiophene rings is 1. The predicted octanol–water partition coefficient (Wildman–Crippen LogP) is 4.59. The molecule has 1 N–H and O–H groups in total. The lowest BCUT2D eigenvalue weighted by Crippen LogP contribution is -2.40.